The Morgan fingerprint density at radius 3 is 2.14 bits per heavy atom. The number of hydrogen-bond donors (Lipinski definition) is 0. The minimum Gasteiger partial charge on any atom is -0.493 e. The molecule has 0 aliphatic rings. The molecule has 0 radical (unpaired) electrons. The second-order valence-corrected chi connectivity index (χ2v) is 4.54. The van der Waals surface area contributed by atoms with Gasteiger partial charge in [0.1, 0.15) is 12.6 Å². The van der Waals surface area contributed by atoms with Crippen LogP contribution in [0.4, 0.5) is 0 Å². The maximum Gasteiger partial charge on any atom is 0.205 e. The summed E-state index contributed by atoms with van der Waals surface area (Å²) in [6, 6.07) is 9.94. The molecule has 0 saturated heterocycles. The molecule has 0 unspecified atom stereocenters. The Morgan fingerprint density at radius 2 is 1.52 bits per heavy atom. The van der Waals surface area contributed by atoms with E-state index in [1.165, 1.54) is 0 Å². The highest BCUT2D eigenvalue weighted by molar-refractivity contribution is 6.11. The van der Waals surface area contributed by atoms with Gasteiger partial charge in [0.2, 0.25) is 5.75 Å². The first-order chi connectivity index (χ1) is 10.3. The normalized spacial score (nSPS) is 10.9. The summed E-state index contributed by atoms with van der Waals surface area (Å²) in [7, 11) is 6.43. The lowest BCUT2D eigenvalue weighted by Crippen LogP contribution is -2.06. The van der Waals surface area contributed by atoms with Crippen molar-refractivity contribution in [3.63, 3.8) is 0 Å². The third kappa shape index (κ3) is 1.77. The van der Waals surface area contributed by atoms with Crippen LogP contribution in [0.1, 0.15) is 0 Å². The van der Waals surface area contributed by atoms with E-state index in [4.69, 9.17) is 19.0 Å². The van der Waals surface area contributed by atoms with Gasteiger partial charge in [-0.15, -0.1) is 0 Å². The number of aromatic nitrogens is 1. The fourth-order valence-electron chi connectivity index (χ4n) is 2.74. The summed E-state index contributed by atoms with van der Waals surface area (Å²) in [5.41, 5.74) is 1.78. The van der Waals surface area contributed by atoms with Gasteiger partial charge in [0.05, 0.1) is 26.8 Å². The molecule has 5 nitrogen and oxygen atoms in total. The molecule has 5 heteroatoms. The van der Waals surface area contributed by atoms with Crippen molar-refractivity contribution in [3.05, 3.63) is 30.3 Å². The maximum absolute atomic E-state index is 5.56. The summed E-state index contributed by atoms with van der Waals surface area (Å²) in [6.45, 7) is 0. The first kappa shape index (κ1) is 13.4. The first-order valence-corrected chi connectivity index (χ1v) is 6.53. The number of benzene rings is 2. The van der Waals surface area contributed by atoms with Gasteiger partial charge in [-0.3, -0.25) is 0 Å². The van der Waals surface area contributed by atoms with Gasteiger partial charge in [-0.1, -0.05) is 18.2 Å². The van der Waals surface area contributed by atoms with Crippen LogP contribution in [0, 0.1) is 0 Å². The molecule has 3 aromatic rings. The smallest absolute Gasteiger partial charge is 0.205 e. The van der Waals surface area contributed by atoms with Crippen molar-refractivity contribution in [2.24, 2.45) is 0 Å². The average Bonchev–Trinajstić information content (AvgIpc) is 2.86. The van der Waals surface area contributed by atoms with E-state index < -0.39 is 0 Å². The van der Waals surface area contributed by atoms with Crippen molar-refractivity contribution < 1.29 is 19.0 Å². The number of rotatable bonds is 4. The highest BCUT2D eigenvalue weighted by Crippen LogP contribution is 2.46. The van der Waals surface area contributed by atoms with Gasteiger partial charge >= 0.3 is 0 Å². The molecule has 0 aliphatic carbocycles. The van der Waals surface area contributed by atoms with Crippen molar-refractivity contribution >= 4 is 21.8 Å². The van der Waals surface area contributed by atoms with Crippen molar-refractivity contribution in [1.29, 1.82) is 0 Å². The number of hydrogen-bond acceptors (Lipinski definition) is 4. The molecule has 3 rings (SSSR count). The molecule has 110 valence electrons. The molecule has 1 heterocycles. The second-order valence-electron chi connectivity index (χ2n) is 4.54. The first-order valence-electron chi connectivity index (χ1n) is 6.53. The molecule has 0 spiro atoms. The molecule has 2 aromatic carbocycles. The molecular formula is C16H17NO4. The highest BCUT2D eigenvalue weighted by atomic mass is 16.6. The van der Waals surface area contributed by atoms with Crippen LogP contribution >= 0.6 is 0 Å². The van der Waals surface area contributed by atoms with Gasteiger partial charge in [0, 0.05) is 10.8 Å². The zero-order valence-corrected chi connectivity index (χ0v) is 12.5. The number of nitrogens with zero attached hydrogens (tertiary/aromatic N) is 1. The van der Waals surface area contributed by atoms with Crippen LogP contribution in [0.2, 0.25) is 0 Å². The average molecular weight is 287 g/mol. The van der Waals surface area contributed by atoms with Gasteiger partial charge in [-0.05, 0) is 12.1 Å². The molecule has 0 saturated carbocycles. The summed E-state index contributed by atoms with van der Waals surface area (Å²) >= 11 is 0. The summed E-state index contributed by atoms with van der Waals surface area (Å²) in [6.07, 6.45) is 0. The Hall–Kier alpha value is -2.56. The third-order valence-electron chi connectivity index (χ3n) is 3.60. The largest absolute Gasteiger partial charge is 0.493 e. The van der Waals surface area contributed by atoms with Crippen LogP contribution in [0.5, 0.6) is 17.2 Å². The Labute approximate surface area is 122 Å². The second kappa shape index (κ2) is 5.09. The van der Waals surface area contributed by atoms with Crippen LogP contribution in [0.25, 0.3) is 21.8 Å². The Kier molecular flexibility index (Phi) is 3.25. The topological polar surface area (TPSA) is 41.9 Å². The quantitative estimate of drug-likeness (QED) is 0.740. The van der Waals surface area contributed by atoms with E-state index in [0.29, 0.717) is 17.2 Å². The van der Waals surface area contributed by atoms with Crippen LogP contribution in [-0.2, 0) is 0 Å². The lowest BCUT2D eigenvalue weighted by atomic mass is 10.1. The molecule has 0 N–H and O–H groups in total. The van der Waals surface area contributed by atoms with Crippen molar-refractivity contribution in [2.75, 3.05) is 28.4 Å². The predicted octanol–water partition coefficient (Wildman–Crippen LogP) is 2.88. The molecule has 0 amide bonds. The number of fused-ring (bicyclic) bond motifs is 3. The lowest BCUT2D eigenvalue weighted by Gasteiger charge is -2.14. The van der Waals surface area contributed by atoms with Gasteiger partial charge in [-0.25, -0.2) is 0 Å². The molecule has 0 fully saturated rings. The van der Waals surface area contributed by atoms with Gasteiger partial charge < -0.3 is 19.0 Å². The Bertz CT molecular complexity index is 807. The number of para-hydroxylation sites is 1. The third-order valence-corrected chi connectivity index (χ3v) is 3.60. The maximum atomic E-state index is 5.56. The van der Waals surface area contributed by atoms with Crippen LogP contribution in [0.15, 0.2) is 30.3 Å². The monoisotopic (exact) mass is 287 g/mol. The molecule has 21 heavy (non-hydrogen) atoms. The van der Waals surface area contributed by atoms with E-state index in [0.717, 1.165) is 21.8 Å². The standard InChI is InChI=1S/C16H17NO4/c1-18-13-9-11-10-7-5-6-8-12(10)17(21-4)14(11)16(20-3)15(13)19-2/h5-9H,1-4H3. The summed E-state index contributed by atoms with van der Waals surface area (Å²) < 4.78 is 18.2. The SMILES string of the molecule is COc1cc2c3ccccc3n(OC)c2c(OC)c1OC. The zero-order valence-electron chi connectivity index (χ0n) is 12.5. The summed E-state index contributed by atoms with van der Waals surface area (Å²) in [5, 5.41) is 2.05. The van der Waals surface area contributed by atoms with E-state index >= 15 is 0 Å². The van der Waals surface area contributed by atoms with E-state index in [1.807, 2.05) is 30.3 Å². The minimum atomic E-state index is 0.550. The van der Waals surface area contributed by atoms with Gasteiger partial charge in [-0.2, -0.15) is 4.73 Å². The molecule has 1 aromatic heterocycles. The molecule has 0 aliphatic heterocycles. The van der Waals surface area contributed by atoms with Crippen LogP contribution < -0.4 is 19.0 Å². The molecule has 0 atom stereocenters. The minimum absolute atomic E-state index is 0.550. The fourth-order valence-corrected chi connectivity index (χ4v) is 2.74. The number of methoxy groups -OCH3 is 3. The van der Waals surface area contributed by atoms with E-state index in [2.05, 4.69) is 0 Å². The Balaban J connectivity index is 2.57. The van der Waals surface area contributed by atoms with Crippen molar-refractivity contribution in [2.45, 2.75) is 0 Å². The Morgan fingerprint density at radius 1 is 0.810 bits per heavy atom. The zero-order chi connectivity index (χ0) is 15.0. The van der Waals surface area contributed by atoms with E-state index in [9.17, 15) is 0 Å². The molecule has 0 bridgehead atoms. The van der Waals surface area contributed by atoms with E-state index in [-0.39, 0.29) is 0 Å². The van der Waals surface area contributed by atoms with E-state index in [1.54, 1.807) is 33.2 Å². The van der Waals surface area contributed by atoms with Crippen LogP contribution in [0.3, 0.4) is 0 Å². The number of ether oxygens (including phenoxy) is 3. The summed E-state index contributed by atoms with van der Waals surface area (Å²) in [4.78, 5) is 5.54. The van der Waals surface area contributed by atoms with Crippen molar-refractivity contribution in [1.82, 2.24) is 4.73 Å². The molecular weight excluding hydrogens is 270 g/mol. The van der Waals surface area contributed by atoms with Gasteiger partial charge in [0.25, 0.3) is 0 Å². The van der Waals surface area contributed by atoms with Crippen molar-refractivity contribution in [3.8, 4) is 17.2 Å². The van der Waals surface area contributed by atoms with Gasteiger partial charge in [0.15, 0.2) is 11.5 Å². The fraction of sp³-hybridized carbons (Fsp3) is 0.250. The van der Waals surface area contributed by atoms with Crippen LogP contribution in [-0.4, -0.2) is 33.2 Å². The predicted molar refractivity (Wildman–Crippen MR) is 81.6 cm³/mol. The lowest BCUT2D eigenvalue weighted by molar-refractivity contribution is 0.188. The summed E-state index contributed by atoms with van der Waals surface area (Å²) in [5.74, 6) is 1.76. The highest BCUT2D eigenvalue weighted by Gasteiger charge is 2.22.